The molecule has 1 N–H and O–H groups in total. The first-order valence-corrected chi connectivity index (χ1v) is 7.10. The molecule has 1 aromatic carbocycles. The van der Waals surface area contributed by atoms with Crippen molar-refractivity contribution in [2.45, 2.75) is 31.0 Å². The SMILES string of the molecule is CNC(C#N)(CN(C)C1CCOC1C)c1ccccc1. The summed E-state index contributed by atoms with van der Waals surface area (Å²) in [5, 5.41) is 12.9. The van der Waals surface area contributed by atoms with Crippen LogP contribution < -0.4 is 5.32 Å². The van der Waals surface area contributed by atoms with Gasteiger partial charge in [-0.1, -0.05) is 30.3 Å². The van der Waals surface area contributed by atoms with Crippen molar-refractivity contribution >= 4 is 0 Å². The molecule has 2 rings (SSSR count). The quantitative estimate of drug-likeness (QED) is 0.887. The fraction of sp³-hybridized carbons (Fsp3) is 0.562. The van der Waals surface area contributed by atoms with Crippen molar-refractivity contribution in [3.05, 3.63) is 35.9 Å². The number of nitriles is 1. The van der Waals surface area contributed by atoms with Crippen LogP contribution in [0.4, 0.5) is 0 Å². The van der Waals surface area contributed by atoms with E-state index >= 15 is 0 Å². The van der Waals surface area contributed by atoms with E-state index in [-0.39, 0.29) is 6.10 Å². The summed E-state index contributed by atoms with van der Waals surface area (Å²) in [6.45, 7) is 3.55. The Balaban J connectivity index is 2.20. The average Bonchev–Trinajstić information content (AvgIpc) is 2.92. The maximum Gasteiger partial charge on any atom is 0.144 e. The van der Waals surface area contributed by atoms with E-state index in [0.717, 1.165) is 18.6 Å². The number of ether oxygens (including phenoxy) is 1. The normalized spacial score (nSPS) is 25.4. The highest BCUT2D eigenvalue weighted by molar-refractivity contribution is 5.32. The average molecular weight is 273 g/mol. The molecule has 4 heteroatoms. The number of benzene rings is 1. The third-order valence-corrected chi connectivity index (χ3v) is 4.27. The van der Waals surface area contributed by atoms with Gasteiger partial charge in [0.2, 0.25) is 0 Å². The van der Waals surface area contributed by atoms with Gasteiger partial charge in [-0.25, -0.2) is 0 Å². The summed E-state index contributed by atoms with van der Waals surface area (Å²) in [6, 6.07) is 12.8. The highest BCUT2D eigenvalue weighted by Gasteiger charge is 2.36. The predicted molar refractivity (Wildman–Crippen MR) is 79.2 cm³/mol. The lowest BCUT2D eigenvalue weighted by molar-refractivity contribution is 0.0766. The summed E-state index contributed by atoms with van der Waals surface area (Å²) in [6.07, 6.45) is 1.25. The lowest BCUT2D eigenvalue weighted by Crippen LogP contribution is -2.51. The molecule has 0 radical (unpaired) electrons. The first-order chi connectivity index (χ1) is 9.63. The molecule has 0 bridgehead atoms. The molecule has 1 aliphatic heterocycles. The van der Waals surface area contributed by atoms with E-state index in [2.05, 4.69) is 30.3 Å². The molecule has 1 aromatic rings. The fourth-order valence-corrected chi connectivity index (χ4v) is 2.98. The fourth-order valence-electron chi connectivity index (χ4n) is 2.98. The number of hydrogen-bond acceptors (Lipinski definition) is 4. The monoisotopic (exact) mass is 273 g/mol. The van der Waals surface area contributed by atoms with Crippen molar-refractivity contribution < 1.29 is 4.74 Å². The lowest BCUT2D eigenvalue weighted by Gasteiger charge is -2.35. The Bertz CT molecular complexity index is 470. The molecule has 0 aromatic heterocycles. The molecule has 108 valence electrons. The topological polar surface area (TPSA) is 48.3 Å². The summed E-state index contributed by atoms with van der Waals surface area (Å²) in [5.41, 5.74) is 0.321. The molecule has 1 aliphatic rings. The molecular formula is C16H23N3O. The van der Waals surface area contributed by atoms with Gasteiger partial charge in [0.1, 0.15) is 5.54 Å². The molecule has 0 spiro atoms. The smallest absolute Gasteiger partial charge is 0.144 e. The van der Waals surface area contributed by atoms with E-state index < -0.39 is 5.54 Å². The van der Waals surface area contributed by atoms with Gasteiger partial charge in [-0.3, -0.25) is 10.2 Å². The van der Waals surface area contributed by atoms with Crippen molar-refractivity contribution in [1.82, 2.24) is 10.2 Å². The van der Waals surface area contributed by atoms with E-state index in [1.54, 1.807) is 0 Å². The summed E-state index contributed by atoms with van der Waals surface area (Å²) >= 11 is 0. The second-order valence-electron chi connectivity index (χ2n) is 5.48. The molecule has 20 heavy (non-hydrogen) atoms. The van der Waals surface area contributed by atoms with Gasteiger partial charge >= 0.3 is 0 Å². The highest BCUT2D eigenvalue weighted by atomic mass is 16.5. The first kappa shape index (κ1) is 15.0. The summed E-state index contributed by atoms with van der Waals surface area (Å²) in [5.74, 6) is 0. The van der Waals surface area contributed by atoms with Crippen molar-refractivity contribution in [3.63, 3.8) is 0 Å². The minimum absolute atomic E-state index is 0.226. The van der Waals surface area contributed by atoms with E-state index in [1.807, 2.05) is 37.4 Å². The number of hydrogen-bond donors (Lipinski definition) is 1. The van der Waals surface area contributed by atoms with Gasteiger partial charge in [0.15, 0.2) is 0 Å². The molecule has 0 amide bonds. The molecule has 3 unspecified atom stereocenters. The van der Waals surface area contributed by atoms with E-state index in [1.165, 1.54) is 0 Å². The van der Waals surface area contributed by atoms with Gasteiger partial charge in [-0.15, -0.1) is 0 Å². The largest absolute Gasteiger partial charge is 0.377 e. The predicted octanol–water partition coefficient (Wildman–Crippen LogP) is 1.73. The molecular weight excluding hydrogens is 250 g/mol. The van der Waals surface area contributed by atoms with Gasteiger partial charge in [0.05, 0.1) is 12.2 Å². The van der Waals surface area contributed by atoms with Crippen LogP contribution in [0.15, 0.2) is 30.3 Å². The Hall–Kier alpha value is -1.41. The second-order valence-corrected chi connectivity index (χ2v) is 5.48. The van der Waals surface area contributed by atoms with Crippen LogP contribution in [0, 0.1) is 11.3 Å². The van der Waals surface area contributed by atoms with Crippen LogP contribution in [0.3, 0.4) is 0 Å². The number of rotatable bonds is 5. The van der Waals surface area contributed by atoms with Crippen LogP contribution in [0.25, 0.3) is 0 Å². The number of nitrogens with zero attached hydrogens (tertiary/aromatic N) is 2. The van der Waals surface area contributed by atoms with Crippen LogP contribution in [0.5, 0.6) is 0 Å². The van der Waals surface area contributed by atoms with Crippen molar-refractivity contribution in [2.24, 2.45) is 0 Å². The number of nitrogens with one attached hydrogen (secondary N) is 1. The molecule has 1 fully saturated rings. The third-order valence-electron chi connectivity index (χ3n) is 4.27. The Kier molecular flexibility index (Phi) is 4.77. The van der Waals surface area contributed by atoms with E-state index in [0.29, 0.717) is 12.6 Å². The van der Waals surface area contributed by atoms with Crippen molar-refractivity contribution in [2.75, 3.05) is 27.2 Å². The minimum Gasteiger partial charge on any atom is -0.377 e. The molecule has 0 saturated carbocycles. The van der Waals surface area contributed by atoms with Crippen LogP contribution in [0.1, 0.15) is 18.9 Å². The molecule has 4 nitrogen and oxygen atoms in total. The van der Waals surface area contributed by atoms with Gasteiger partial charge in [0, 0.05) is 19.2 Å². The summed E-state index contributed by atoms with van der Waals surface area (Å²) in [4.78, 5) is 2.24. The third kappa shape index (κ3) is 2.85. The van der Waals surface area contributed by atoms with E-state index in [9.17, 15) is 5.26 Å². The Morgan fingerprint density at radius 3 is 2.65 bits per heavy atom. The lowest BCUT2D eigenvalue weighted by atomic mass is 9.90. The zero-order valence-corrected chi connectivity index (χ0v) is 12.5. The Morgan fingerprint density at radius 2 is 2.15 bits per heavy atom. The maximum atomic E-state index is 9.72. The van der Waals surface area contributed by atoms with Crippen molar-refractivity contribution in [3.8, 4) is 6.07 Å². The zero-order valence-electron chi connectivity index (χ0n) is 12.5. The van der Waals surface area contributed by atoms with Gasteiger partial charge in [-0.2, -0.15) is 5.26 Å². The van der Waals surface area contributed by atoms with Crippen LogP contribution in [-0.2, 0) is 10.3 Å². The highest BCUT2D eigenvalue weighted by Crippen LogP contribution is 2.25. The summed E-state index contributed by atoms with van der Waals surface area (Å²) in [7, 11) is 3.92. The number of likely N-dealkylation sites (N-methyl/N-ethyl adjacent to an activating group) is 2. The van der Waals surface area contributed by atoms with Crippen LogP contribution in [-0.4, -0.2) is 44.3 Å². The molecule has 0 aliphatic carbocycles. The zero-order chi connectivity index (χ0) is 14.6. The molecule has 3 atom stereocenters. The first-order valence-electron chi connectivity index (χ1n) is 7.10. The van der Waals surface area contributed by atoms with Crippen LogP contribution in [0.2, 0.25) is 0 Å². The molecule has 1 saturated heterocycles. The Morgan fingerprint density at radius 1 is 1.45 bits per heavy atom. The summed E-state index contributed by atoms with van der Waals surface area (Å²) < 4.78 is 5.63. The van der Waals surface area contributed by atoms with Crippen molar-refractivity contribution in [1.29, 1.82) is 5.26 Å². The Labute approximate surface area is 121 Å². The van der Waals surface area contributed by atoms with Gasteiger partial charge in [-0.05, 0) is 33.0 Å². The second kappa shape index (κ2) is 6.36. The minimum atomic E-state index is -0.682. The maximum absolute atomic E-state index is 9.72. The van der Waals surface area contributed by atoms with E-state index in [4.69, 9.17) is 4.74 Å². The standard InChI is InChI=1S/C16H23N3O/c1-13-15(9-10-20-13)19(3)12-16(11-17,18-2)14-7-5-4-6-8-14/h4-8,13,15,18H,9-10,12H2,1-3H3. The molecule has 1 heterocycles. The van der Waals surface area contributed by atoms with Gasteiger partial charge < -0.3 is 4.74 Å². The van der Waals surface area contributed by atoms with Crippen LogP contribution >= 0.6 is 0 Å². The van der Waals surface area contributed by atoms with Gasteiger partial charge in [0.25, 0.3) is 0 Å².